The molecule has 0 radical (unpaired) electrons. The van der Waals surface area contributed by atoms with Gasteiger partial charge in [0.15, 0.2) is 0 Å². The first kappa shape index (κ1) is 32.4. The lowest BCUT2D eigenvalue weighted by Gasteiger charge is -2.34. The van der Waals surface area contributed by atoms with E-state index in [2.05, 4.69) is 10.6 Å². The first-order chi connectivity index (χ1) is 20.3. The monoisotopic (exact) mass is 604 g/mol. The van der Waals surface area contributed by atoms with Gasteiger partial charge in [0.1, 0.15) is 6.04 Å². The van der Waals surface area contributed by atoms with Gasteiger partial charge in [-0.25, -0.2) is 0 Å². The molecule has 43 heavy (non-hydrogen) atoms. The highest BCUT2D eigenvalue weighted by atomic mass is 19.4. The van der Waals surface area contributed by atoms with Gasteiger partial charge in [0, 0.05) is 37.3 Å². The van der Waals surface area contributed by atoms with Crippen LogP contribution in [0.2, 0.25) is 0 Å². The van der Waals surface area contributed by atoms with Gasteiger partial charge >= 0.3 is 13.3 Å². The zero-order valence-electron chi connectivity index (χ0n) is 23.5. The first-order valence-corrected chi connectivity index (χ1v) is 14.0. The maximum atomic E-state index is 13.3. The first-order valence-electron chi connectivity index (χ1n) is 14.0. The van der Waals surface area contributed by atoms with Crippen molar-refractivity contribution in [2.24, 2.45) is 17.2 Å². The number of benzene rings is 2. The van der Waals surface area contributed by atoms with Crippen molar-refractivity contribution in [2.45, 2.75) is 69.1 Å². The molecule has 2 aromatic rings. The van der Waals surface area contributed by atoms with Gasteiger partial charge in [-0.2, -0.15) is 13.2 Å². The van der Waals surface area contributed by atoms with Crippen LogP contribution >= 0.6 is 0 Å². The maximum absolute atomic E-state index is 13.3. The van der Waals surface area contributed by atoms with Gasteiger partial charge in [-0.1, -0.05) is 18.2 Å². The van der Waals surface area contributed by atoms with Crippen molar-refractivity contribution in [1.29, 1.82) is 0 Å². The lowest BCUT2D eigenvalue weighted by molar-refractivity contribution is -0.137. The molecule has 2 heterocycles. The van der Waals surface area contributed by atoms with Gasteiger partial charge in [0.25, 0.3) is 0 Å². The summed E-state index contributed by atoms with van der Waals surface area (Å²) < 4.78 is 44.0. The SMILES string of the molecule is N[C@@H]1C[C@H](N)CN(C(=O)CC[C@H](N)C(=O)N[C@H](CCc2ccc(C(F)(F)F)cc2)C(=O)Nc2ccc3c(c2)B(O)OC3)C1. The highest BCUT2D eigenvalue weighted by molar-refractivity contribution is 6.61. The predicted octanol–water partition coefficient (Wildman–Crippen LogP) is -0.0264. The predicted molar refractivity (Wildman–Crippen MR) is 154 cm³/mol. The van der Waals surface area contributed by atoms with Gasteiger partial charge in [0.05, 0.1) is 18.2 Å². The van der Waals surface area contributed by atoms with E-state index >= 15 is 0 Å². The van der Waals surface area contributed by atoms with Crippen LogP contribution < -0.4 is 33.3 Å². The van der Waals surface area contributed by atoms with Crippen LogP contribution in [-0.4, -0.2) is 72.0 Å². The third-order valence-corrected chi connectivity index (χ3v) is 7.59. The third kappa shape index (κ3) is 8.77. The van der Waals surface area contributed by atoms with Crippen molar-refractivity contribution in [2.75, 3.05) is 18.4 Å². The number of anilines is 1. The van der Waals surface area contributed by atoms with E-state index < -0.39 is 42.8 Å². The zero-order valence-corrected chi connectivity index (χ0v) is 23.5. The van der Waals surface area contributed by atoms with Crippen molar-refractivity contribution < 1.29 is 37.2 Å². The van der Waals surface area contributed by atoms with Crippen LogP contribution in [0.5, 0.6) is 0 Å². The lowest BCUT2D eigenvalue weighted by atomic mass is 9.79. The van der Waals surface area contributed by atoms with E-state index in [0.717, 1.165) is 17.7 Å². The summed E-state index contributed by atoms with van der Waals surface area (Å²) in [6, 6.07) is 6.77. The number of nitrogens with two attached hydrogens (primary N) is 3. The molecule has 3 amide bonds. The topological polar surface area (TPSA) is 186 Å². The van der Waals surface area contributed by atoms with Gasteiger partial charge in [-0.05, 0) is 66.5 Å². The van der Waals surface area contributed by atoms with Gasteiger partial charge in [0.2, 0.25) is 17.7 Å². The summed E-state index contributed by atoms with van der Waals surface area (Å²) >= 11 is 0. The molecule has 0 aromatic heterocycles. The van der Waals surface area contributed by atoms with Crippen molar-refractivity contribution in [3.05, 3.63) is 59.2 Å². The molecule has 232 valence electrons. The van der Waals surface area contributed by atoms with Crippen molar-refractivity contribution in [1.82, 2.24) is 10.2 Å². The average Bonchev–Trinajstić information content (AvgIpc) is 3.32. The molecule has 0 bridgehead atoms. The minimum atomic E-state index is -4.48. The second-order valence-corrected chi connectivity index (χ2v) is 11.1. The average molecular weight is 604 g/mol. The second kappa shape index (κ2) is 13.9. The summed E-state index contributed by atoms with van der Waals surface area (Å²) in [4.78, 5) is 40.5. The Kier molecular flexibility index (Phi) is 10.5. The summed E-state index contributed by atoms with van der Waals surface area (Å²) in [5.74, 6) is -1.48. The second-order valence-electron chi connectivity index (χ2n) is 11.1. The number of nitrogens with zero attached hydrogens (tertiary/aromatic N) is 1. The number of piperidine rings is 1. The minimum absolute atomic E-state index is 0.0155. The van der Waals surface area contributed by atoms with Crippen LogP contribution in [0, 0.1) is 0 Å². The quantitative estimate of drug-likeness (QED) is 0.204. The summed E-state index contributed by atoms with van der Waals surface area (Å²) in [7, 11) is -1.13. The highest BCUT2D eigenvalue weighted by Crippen LogP contribution is 2.29. The van der Waals surface area contributed by atoms with E-state index in [0.29, 0.717) is 36.2 Å². The molecule has 4 rings (SSSR count). The van der Waals surface area contributed by atoms with Crippen molar-refractivity contribution in [3.63, 3.8) is 0 Å². The molecule has 4 atom stereocenters. The summed E-state index contributed by atoms with van der Waals surface area (Å²) in [5, 5.41) is 15.3. The van der Waals surface area contributed by atoms with Crippen molar-refractivity contribution in [3.8, 4) is 0 Å². The highest BCUT2D eigenvalue weighted by Gasteiger charge is 2.31. The van der Waals surface area contributed by atoms with Crippen LogP contribution in [-0.2, 0) is 38.2 Å². The van der Waals surface area contributed by atoms with Crippen LogP contribution in [0.25, 0.3) is 0 Å². The molecular weight excluding hydrogens is 568 g/mol. The fourth-order valence-electron chi connectivity index (χ4n) is 5.19. The minimum Gasteiger partial charge on any atom is -0.423 e. The lowest BCUT2D eigenvalue weighted by Crippen LogP contribution is -2.54. The fourth-order valence-corrected chi connectivity index (χ4v) is 5.19. The number of halogens is 3. The molecule has 0 aliphatic carbocycles. The Morgan fingerprint density at radius 3 is 2.37 bits per heavy atom. The normalized spacial score (nSPS) is 19.9. The van der Waals surface area contributed by atoms with E-state index in [9.17, 15) is 32.6 Å². The number of likely N-dealkylation sites (tertiary alicyclic amines) is 1. The molecule has 15 heteroatoms. The Morgan fingerprint density at radius 1 is 1.05 bits per heavy atom. The van der Waals surface area contributed by atoms with E-state index in [4.69, 9.17) is 21.9 Å². The van der Waals surface area contributed by atoms with Crippen LogP contribution in [0.1, 0.15) is 42.4 Å². The summed E-state index contributed by atoms with van der Waals surface area (Å²) in [6.07, 6.45) is -3.64. The molecule has 2 aliphatic heterocycles. The maximum Gasteiger partial charge on any atom is 0.491 e. The van der Waals surface area contributed by atoms with E-state index in [-0.39, 0.29) is 50.3 Å². The molecule has 1 saturated heterocycles. The van der Waals surface area contributed by atoms with E-state index in [1.807, 2.05) is 0 Å². The van der Waals surface area contributed by atoms with Crippen molar-refractivity contribution >= 4 is 36.0 Å². The number of carbonyl (C=O) groups excluding carboxylic acids is 3. The number of nitrogens with one attached hydrogen (secondary N) is 2. The molecule has 2 aliphatic rings. The number of hydrogen-bond acceptors (Lipinski definition) is 8. The molecule has 9 N–H and O–H groups in total. The third-order valence-electron chi connectivity index (χ3n) is 7.59. The van der Waals surface area contributed by atoms with Gasteiger partial charge in [-0.3, -0.25) is 14.4 Å². The molecule has 11 nitrogen and oxygen atoms in total. The Bertz CT molecular complexity index is 1300. The van der Waals surface area contributed by atoms with Gasteiger partial charge < -0.3 is 42.4 Å². The fraction of sp³-hybridized carbons (Fsp3) is 0.464. The summed E-state index contributed by atoms with van der Waals surface area (Å²) in [6.45, 7) is 0.965. The molecule has 1 fully saturated rings. The molecule has 2 aromatic carbocycles. The Labute approximate surface area is 247 Å². The Balaban J connectivity index is 1.40. The largest absolute Gasteiger partial charge is 0.491 e. The number of fused-ring (bicyclic) bond motifs is 1. The summed E-state index contributed by atoms with van der Waals surface area (Å²) in [5.41, 5.74) is 19.4. The number of rotatable bonds is 10. The number of carbonyl (C=O) groups is 3. The molecule has 0 unspecified atom stereocenters. The standard InChI is InChI=1S/C28H36BF3N6O5/c30-28(31,32)18-5-1-16(2-6-18)3-9-24(27(41)36-21-7-4-17-15-43-29(42)22(17)12-21)37-26(40)23(35)8-10-25(39)38-13-19(33)11-20(34)14-38/h1-2,4-7,12,19-20,23-24,42H,3,8-11,13-15,33-35H2,(H,36,41)(H,37,40)/t19-,20+,23-,24+/m0/s1. The number of hydrogen-bond donors (Lipinski definition) is 6. The van der Waals surface area contributed by atoms with E-state index in [1.165, 1.54) is 12.1 Å². The molecule has 0 saturated carbocycles. The smallest absolute Gasteiger partial charge is 0.423 e. The Morgan fingerprint density at radius 2 is 1.72 bits per heavy atom. The van der Waals surface area contributed by atoms with Gasteiger partial charge in [-0.15, -0.1) is 0 Å². The number of aryl methyl sites for hydroxylation is 1. The zero-order chi connectivity index (χ0) is 31.3. The van der Waals surface area contributed by atoms with E-state index in [1.54, 1.807) is 23.1 Å². The number of amides is 3. The van der Waals surface area contributed by atoms with Crippen LogP contribution in [0.15, 0.2) is 42.5 Å². The molecule has 0 spiro atoms. The van der Waals surface area contributed by atoms with Crippen LogP contribution in [0.4, 0.5) is 18.9 Å². The Hall–Kier alpha value is -3.50. The number of alkyl halides is 3. The van der Waals surface area contributed by atoms with Crippen LogP contribution in [0.3, 0.4) is 0 Å². The molecular formula is C28H36BF3N6O5.